The van der Waals surface area contributed by atoms with Crippen LogP contribution >= 0.6 is 11.6 Å². The fraction of sp³-hybridized carbons (Fsp3) is 0.214. The maximum absolute atomic E-state index is 12.7. The fourth-order valence-corrected chi connectivity index (χ4v) is 4.37. The zero-order chi connectivity index (χ0) is 24.8. The van der Waals surface area contributed by atoms with E-state index in [0.717, 1.165) is 22.6 Å². The van der Waals surface area contributed by atoms with E-state index < -0.39 is 0 Å². The van der Waals surface area contributed by atoms with Gasteiger partial charge in [-0.15, -0.1) is 0 Å². The first-order valence-electron chi connectivity index (χ1n) is 11.5. The minimum Gasteiger partial charge on any atom is -0.496 e. The van der Waals surface area contributed by atoms with Gasteiger partial charge in [-0.25, -0.2) is 0 Å². The van der Waals surface area contributed by atoms with Crippen molar-refractivity contribution in [3.05, 3.63) is 94.5 Å². The van der Waals surface area contributed by atoms with Crippen LogP contribution in [0.4, 0.5) is 11.4 Å². The smallest absolute Gasteiger partial charge is 0.255 e. The number of hydrogen-bond acceptors (Lipinski definition) is 4. The molecule has 0 bridgehead atoms. The highest BCUT2D eigenvalue weighted by atomic mass is 35.5. The van der Waals surface area contributed by atoms with Crippen molar-refractivity contribution in [2.75, 3.05) is 43.5 Å². The van der Waals surface area contributed by atoms with Gasteiger partial charge in [0.2, 0.25) is 5.91 Å². The van der Waals surface area contributed by atoms with Crippen LogP contribution in [-0.4, -0.2) is 50.0 Å². The molecule has 0 spiro atoms. The zero-order valence-corrected chi connectivity index (χ0v) is 20.6. The van der Waals surface area contributed by atoms with E-state index in [0.29, 0.717) is 42.5 Å². The van der Waals surface area contributed by atoms with Crippen molar-refractivity contribution >= 4 is 40.9 Å². The molecule has 0 aromatic heterocycles. The number of methoxy groups -OCH3 is 1. The molecule has 0 saturated carbocycles. The molecule has 0 unspecified atom stereocenters. The lowest BCUT2D eigenvalue weighted by molar-refractivity contribution is -0.126. The number of carbonyl (C=O) groups excluding carboxylic acids is 2. The maximum atomic E-state index is 12.7. The predicted molar refractivity (Wildman–Crippen MR) is 141 cm³/mol. The number of carbonyl (C=O) groups is 2. The van der Waals surface area contributed by atoms with Crippen LogP contribution in [0.1, 0.15) is 21.5 Å². The van der Waals surface area contributed by atoms with E-state index in [1.165, 1.54) is 0 Å². The van der Waals surface area contributed by atoms with Gasteiger partial charge < -0.3 is 19.9 Å². The van der Waals surface area contributed by atoms with Crippen LogP contribution in [0.25, 0.3) is 6.08 Å². The molecule has 1 N–H and O–H groups in total. The predicted octanol–water partition coefficient (Wildman–Crippen LogP) is 5.27. The number of hydrogen-bond donors (Lipinski definition) is 1. The first kappa shape index (κ1) is 24.4. The molecular formula is C28H28ClN3O3. The Balaban J connectivity index is 1.34. The molecule has 2 amide bonds. The number of nitrogens with one attached hydrogen (secondary N) is 1. The highest BCUT2D eigenvalue weighted by Gasteiger charge is 2.21. The Kier molecular flexibility index (Phi) is 7.73. The molecule has 1 saturated heterocycles. The Morgan fingerprint density at radius 1 is 0.971 bits per heavy atom. The highest BCUT2D eigenvalue weighted by molar-refractivity contribution is 6.33. The van der Waals surface area contributed by atoms with Gasteiger partial charge in [-0.2, -0.15) is 0 Å². The largest absolute Gasteiger partial charge is 0.496 e. The molecule has 1 aliphatic rings. The Morgan fingerprint density at radius 2 is 1.71 bits per heavy atom. The number of benzene rings is 3. The molecule has 3 aromatic rings. The lowest BCUT2D eigenvalue weighted by Crippen LogP contribution is -2.48. The normalized spacial score (nSPS) is 13.7. The molecular weight excluding hydrogens is 462 g/mol. The van der Waals surface area contributed by atoms with E-state index in [2.05, 4.69) is 10.2 Å². The Bertz CT molecular complexity index is 1240. The summed E-state index contributed by atoms with van der Waals surface area (Å²) >= 11 is 6.57. The summed E-state index contributed by atoms with van der Waals surface area (Å²) in [6.07, 6.45) is 3.46. The van der Waals surface area contributed by atoms with Gasteiger partial charge in [-0.05, 0) is 60.5 Å². The summed E-state index contributed by atoms with van der Waals surface area (Å²) in [7, 11) is 1.60. The second kappa shape index (κ2) is 11.1. The summed E-state index contributed by atoms with van der Waals surface area (Å²) < 4.78 is 5.26. The van der Waals surface area contributed by atoms with E-state index in [1.54, 1.807) is 37.5 Å². The molecule has 0 aliphatic carbocycles. The number of rotatable bonds is 6. The number of anilines is 2. The standard InChI is InChI=1S/C28H28ClN3O3/c1-20-18-22(9-12-26(20)35-2)28(34)30-23-10-11-25(24(29)19-23)31-14-16-32(17-15-31)27(33)13-8-21-6-4-3-5-7-21/h3-13,18-19H,14-17H2,1-2H3,(H,30,34)/b13-8+. The van der Waals surface area contributed by atoms with Crippen LogP contribution in [0, 0.1) is 6.92 Å². The lowest BCUT2D eigenvalue weighted by atomic mass is 10.1. The van der Waals surface area contributed by atoms with Gasteiger partial charge in [0.05, 0.1) is 17.8 Å². The Labute approximate surface area is 210 Å². The van der Waals surface area contributed by atoms with Crippen molar-refractivity contribution in [2.45, 2.75) is 6.92 Å². The molecule has 4 rings (SSSR count). The van der Waals surface area contributed by atoms with Gasteiger partial charge in [-0.3, -0.25) is 9.59 Å². The SMILES string of the molecule is COc1ccc(C(=O)Nc2ccc(N3CCN(C(=O)/C=C/c4ccccc4)CC3)c(Cl)c2)cc1C. The molecule has 0 radical (unpaired) electrons. The van der Waals surface area contributed by atoms with Gasteiger partial charge >= 0.3 is 0 Å². The topological polar surface area (TPSA) is 61.9 Å². The molecule has 6 nitrogen and oxygen atoms in total. The Morgan fingerprint density at radius 3 is 2.37 bits per heavy atom. The molecule has 35 heavy (non-hydrogen) atoms. The molecule has 0 atom stereocenters. The molecule has 3 aromatic carbocycles. The molecule has 1 fully saturated rings. The average Bonchev–Trinajstić information content (AvgIpc) is 2.88. The van der Waals surface area contributed by atoms with Crippen molar-refractivity contribution in [2.24, 2.45) is 0 Å². The quantitative estimate of drug-likeness (QED) is 0.479. The van der Waals surface area contributed by atoms with Gasteiger partial charge in [0.25, 0.3) is 5.91 Å². The minimum atomic E-state index is -0.213. The summed E-state index contributed by atoms with van der Waals surface area (Å²) in [6, 6.07) is 20.6. The molecule has 180 valence electrons. The van der Waals surface area contributed by atoms with Gasteiger partial charge in [0.15, 0.2) is 0 Å². The third-order valence-corrected chi connectivity index (χ3v) is 6.32. The second-order valence-corrected chi connectivity index (χ2v) is 8.77. The molecule has 7 heteroatoms. The van der Waals surface area contributed by atoms with E-state index >= 15 is 0 Å². The summed E-state index contributed by atoms with van der Waals surface area (Å²) in [5.41, 5.74) is 3.95. The third kappa shape index (κ3) is 6.03. The Hall–Kier alpha value is -3.77. The summed E-state index contributed by atoms with van der Waals surface area (Å²) in [5, 5.41) is 3.45. The molecule has 1 aliphatic heterocycles. The van der Waals surface area contributed by atoms with Crippen LogP contribution in [0.5, 0.6) is 5.75 Å². The maximum Gasteiger partial charge on any atom is 0.255 e. The van der Waals surface area contributed by atoms with Crippen molar-refractivity contribution in [1.82, 2.24) is 4.90 Å². The van der Waals surface area contributed by atoms with Crippen molar-refractivity contribution in [1.29, 1.82) is 0 Å². The highest BCUT2D eigenvalue weighted by Crippen LogP contribution is 2.30. The summed E-state index contributed by atoms with van der Waals surface area (Å²) in [5.74, 6) is 0.532. The van der Waals surface area contributed by atoms with Gasteiger partial charge in [0.1, 0.15) is 5.75 Å². The van der Waals surface area contributed by atoms with Crippen molar-refractivity contribution < 1.29 is 14.3 Å². The third-order valence-electron chi connectivity index (χ3n) is 6.01. The zero-order valence-electron chi connectivity index (χ0n) is 19.8. The van der Waals surface area contributed by atoms with Gasteiger partial charge in [-0.1, -0.05) is 41.9 Å². The number of nitrogens with zero attached hydrogens (tertiary/aromatic N) is 2. The van der Waals surface area contributed by atoms with Gasteiger partial charge in [0, 0.05) is 43.5 Å². The van der Waals surface area contributed by atoms with E-state index in [1.807, 2.05) is 60.4 Å². The van der Waals surface area contributed by atoms with E-state index in [4.69, 9.17) is 16.3 Å². The number of aryl methyl sites for hydroxylation is 1. The van der Waals surface area contributed by atoms with Crippen LogP contribution in [0.15, 0.2) is 72.8 Å². The van der Waals surface area contributed by atoms with E-state index in [9.17, 15) is 9.59 Å². The number of piperazine rings is 1. The molecule has 1 heterocycles. The first-order valence-corrected chi connectivity index (χ1v) is 11.8. The average molecular weight is 490 g/mol. The minimum absolute atomic E-state index is 0.00595. The summed E-state index contributed by atoms with van der Waals surface area (Å²) in [6.45, 7) is 4.49. The van der Waals surface area contributed by atoms with Crippen molar-refractivity contribution in [3.63, 3.8) is 0 Å². The van der Waals surface area contributed by atoms with Crippen LogP contribution in [-0.2, 0) is 4.79 Å². The monoisotopic (exact) mass is 489 g/mol. The fourth-order valence-electron chi connectivity index (χ4n) is 4.07. The van der Waals surface area contributed by atoms with Crippen LogP contribution in [0.3, 0.4) is 0 Å². The van der Waals surface area contributed by atoms with Crippen LogP contribution in [0.2, 0.25) is 5.02 Å². The first-order chi connectivity index (χ1) is 16.9. The lowest BCUT2D eigenvalue weighted by Gasteiger charge is -2.36. The van der Waals surface area contributed by atoms with Crippen LogP contribution < -0.4 is 15.0 Å². The van der Waals surface area contributed by atoms with Crippen molar-refractivity contribution in [3.8, 4) is 5.75 Å². The number of ether oxygens (including phenoxy) is 1. The summed E-state index contributed by atoms with van der Waals surface area (Å²) in [4.78, 5) is 29.2. The second-order valence-electron chi connectivity index (χ2n) is 8.36. The number of halogens is 1. The van der Waals surface area contributed by atoms with E-state index in [-0.39, 0.29) is 11.8 Å². The number of amides is 2.